The van der Waals surface area contributed by atoms with Gasteiger partial charge in [0.2, 0.25) is 0 Å². The molecule has 2 aromatic rings. The Morgan fingerprint density at radius 1 is 1.17 bits per heavy atom. The van der Waals surface area contributed by atoms with Gasteiger partial charge in [-0.25, -0.2) is 4.39 Å². The van der Waals surface area contributed by atoms with Crippen molar-refractivity contribution in [3.63, 3.8) is 0 Å². The summed E-state index contributed by atoms with van der Waals surface area (Å²) in [6, 6.07) is 7.93. The Morgan fingerprint density at radius 2 is 1.96 bits per heavy atom. The standard InChI is InChI=1S/C17H18F4N2O/c18-15-6-12(5-14(8-15)17(19,20)21)9-22-10-13(11-24)7-16-3-1-2-4-23-16/h1-6,8,13,22,24H,7,9-11H2. The second-order valence-electron chi connectivity index (χ2n) is 5.55. The highest BCUT2D eigenvalue weighted by Gasteiger charge is 2.31. The molecule has 2 rings (SSSR count). The van der Waals surface area contributed by atoms with Crippen LogP contribution in [0.5, 0.6) is 0 Å². The summed E-state index contributed by atoms with van der Waals surface area (Å²) >= 11 is 0. The van der Waals surface area contributed by atoms with Crippen LogP contribution in [0.3, 0.4) is 0 Å². The topological polar surface area (TPSA) is 45.1 Å². The number of hydrogen-bond acceptors (Lipinski definition) is 3. The van der Waals surface area contributed by atoms with E-state index in [-0.39, 0.29) is 24.6 Å². The van der Waals surface area contributed by atoms with Crippen LogP contribution in [0.4, 0.5) is 17.6 Å². The molecule has 0 aliphatic rings. The Kier molecular flexibility index (Phi) is 6.28. The molecular formula is C17H18F4N2O. The Bertz CT molecular complexity index is 647. The van der Waals surface area contributed by atoms with Gasteiger partial charge in [-0.3, -0.25) is 4.98 Å². The summed E-state index contributed by atoms with van der Waals surface area (Å²) in [6.07, 6.45) is -2.38. The van der Waals surface area contributed by atoms with Crippen LogP contribution in [0, 0.1) is 11.7 Å². The molecule has 1 unspecified atom stereocenters. The van der Waals surface area contributed by atoms with E-state index in [1.165, 1.54) is 0 Å². The average Bonchev–Trinajstić information content (AvgIpc) is 2.53. The van der Waals surface area contributed by atoms with Gasteiger partial charge in [0, 0.05) is 31.6 Å². The minimum Gasteiger partial charge on any atom is -0.396 e. The van der Waals surface area contributed by atoms with Crippen molar-refractivity contribution >= 4 is 0 Å². The maximum Gasteiger partial charge on any atom is 0.416 e. The van der Waals surface area contributed by atoms with Gasteiger partial charge in [0.1, 0.15) is 5.82 Å². The Balaban J connectivity index is 1.92. The highest BCUT2D eigenvalue weighted by molar-refractivity contribution is 5.26. The normalized spacial score (nSPS) is 13.0. The molecule has 1 heterocycles. The highest BCUT2D eigenvalue weighted by atomic mass is 19.4. The molecule has 0 spiro atoms. The molecule has 0 saturated carbocycles. The van der Waals surface area contributed by atoms with Crippen molar-refractivity contribution in [3.8, 4) is 0 Å². The van der Waals surface area contributed by atoms with Crippen molar-refractivity contribution in [2.75, 3.05) is 13.2 Å². The lowest BCUT2D eigenvalue weighted by Gasteiger charge is -2.15. The summed E-state index contributed by atoms with van der Waals surface area (Å²) in [6.45, 7) is 0.380. The SMILES string of the molecule is OCC(CNCc1cc(F)cc(C(F)(F)F)c1)Cc1ccccn1. The molecule has 1 aromatic heterocycles. The van der Waals surface area contributed by atoms with Crippen LogP contribution < -0.4 is 5.32 Å². The van der Waals surface area contributed by atoms with E-state index in [2.05, 4.69) is 10.3 Å². The molecule has 0 aliphatic heterocycles. The average molecular weight is 342 g/mol. The third-order valence-electron chi connectivity index (χ3n) is 3.53. The summed E-state index contributed by atoms with van der Waals surface area (Å²) in [4.78, 5) is 4.17. The first-order valence-corrected chi connectivity index (χ1v) is 7.46. The summed E-state index contributed by atoms with van der Waals surface area (Å²) in [7, 11) is 0. The Hall–Kier alpha value is -1.99. The molecule has 0 bridgehead atoms. The number of hydrogen-bond donors (Lipinski definition) is 2. The van der Waals surface area contributed by atoms with Crippen molar-refractivity contribution in [3.05, 3.63) is 65.2 Å². The smallest absolute Gasteiger partial charge is 0.396 e. The van der Waals surface area contributed by atoms with Crippen LogP contribution in [0.2, 0.25) is 0 Å². The molecule has 130 valence electrons. The van der Waals surface area contributed by atoms with Crippen LogP contribution >= 0.6 is 0 Å². The van der Waals surface area contributed by atoms with E-state index < -0.39 is 17.6 Å². The highest BCUT2D eigenvalue weighted by Crippen LogP contribution is 2.30. The molecule has 0 fully saturated rings. The zero-order valence-electron chi connectivity index (χ0n) is 12.9. The molecule has 0 aliphatic carbocycles. The van der Waals surface area contributed by atoms with Gasteiger partial charge in [-0.15, -0.1) is 0 Å². The minimum absolute atomic E-state index is 0.0828. The van der Waals surface area contributed by atoms with Crippen molar-refractivity contribution in [1.82, 2.24) is 10.3 Å². The molecule has 3 nitrogen and oxygen atoms in total. The van der Waals surface area contributed by atoms with Crippen LogP contribution in [0.15, 0.2) is 42.6 Å². The first-order valence-electron chi connectivity index (χ1n) is 7.46. The van der Waals surface area contributed by atoms with E-state index >= 15 is 0 Å². The first-order chi connectivity index (χ1) is 11.4. The molecule has 2 N–H and O–H groups in total. The molecule has 24 heavy (non-hydrogen) atoms. The maximum atomic E-state index is 13.3. The molecule has 0 amide bonds. The number of pyridine rings is 1. The van der Waals surface area contributed by atoms with Gasteiger partial charge < -0.3 is 10.4 Å². The maximum absolute atomic E-state index is 13.3. The van der Waals surface area contributed by atoms with Gasteiger partial charge in [0.15, 0.2) is 0 Å². The van der Waals surface area contributed by atoms with E-state index in [1.54, 1.807) is 12.3 Å². The fourth-order valence-corrected chi connectivity index (χ4v) is 2.35. The predicted octanol–water partition coefficient (Wildman–Crippen LogP) is 3.18. The summed E-state index contributed by atoms with van der Waals surface area (Å²) < 4.78 is 51.3. The zero-order chi connectivity index (χ0) is 17.6. The largest absolute Gasteiger partial charge is 0.416 e. The molecule has 0 saturated heterocycles. The minimum atomic E-state index is -4.58. The number of benzene rings is 1. The van der Waals surface area contributed by atoms with Crippen LogP contribution in [-0.2, 0) is 19.1 Å². The number of aliphatic hydroxyl groups is 1. The summed E-state index contributed by atoms with van der Waals surface area (Å²) in [5.74, 6) is -1.05. The van der Waals surface area contributed by atoms with Crippen molar-refractivity contribution in [1.29, 1.82) is 0 Å². The Labute approximate surface area is 137 Å². The zero-order valence-corrected chi connectivity index (χ0v) is 12.9. The quantitative estimate of drug-likeness (QED) is 0.760. The monoisotopic (exact) mass is 342 g/mol. The van der Waals surface area contributed by atoms with Gasteiger partial charge in [0.25, 0.3) is 0 Å². The molecule has 1 atom stereocenters. The summed E-state index contributed by atoms with van der Waals surface area (Å²) in [5, 5.41) is 12.4. The third-order valence-corrected chi connectivity index (χ3v) is 3.53. The van der Waals surface area contributed by atoms with Gasteiger partial charge in [-0.1, -0.05) is 6.07 Å². The van der Waals surface area contributed by atoms with Gasteiger partial charge in [-0.05, 0) is 48.2 Å². The number of nitrogens with zero attached hydrogens (tertiary/aromatic N) is 1. The van der Waals surface area contributed by atoms with Gasteiger partial charge >= 0.3 is 6.18 Å². The number of nitrogens with one attached hydrogen (secondary N) is 1. The van der Waals surface area contributed by atoms with Crippen LogP contribution in [0.25, 0.3) is 0 Å². The first kappa shape index (κ1) is 18.4. The van der Waals surface area contributed by atoms with Crippen LogP contribution in [0.1, 0.15) is 16.8 Å². The second kappa shape index (κ2) is 8.21. The lowest BCUT2D eigenvalue weighted by molar-refractivity contribution is -0.137. The lowest BCUT2D eigenvalue weighted by atomic mass is 10.0. The number of alkyl halides is 3. The van der Waals surface area contributed by atoms with E-state index in [0.29, 0.717) is 19.0 Å². The van der Waals surface area contributed by atoms with Crippen molar-refractivity contribution in [2.45, 2.75) is 19.1 Å². The molecular weight excluding hydrogens is 324 g/mol. The fraction of sp³-hybridized carbons (Fsp3) is 0.353. The third kappa shape index (κ3) is 5.58. The Morgan fingerprint density at radius 3 is 2.58 bits per heavy atom. The lowest BCUT2D eigenvalue weighted by Crippen LogP contribution is -2.27. The molecule has 7 heteroatoms. The predicted molar refractivity (Wildman–Crippen MR) is 81.6 cm³/mol. The fourth-order valence-electron chi connectivity index (χ4n) is 2.35. The molecule has 1 aromatic carbocycles. The summed E-state index contributed by atoms with van der Waals surface area (Å²) in [5.41, 5.74) is 0.0202. The van der Waals surface area contributed by atoms with Crippen molar-refractivity contribution < 1.29 is 22.7 Å². The second-order valence-corrected chi connectivity index (χ2v) is 5.55. The van der Waals surface area contributed by atoms with E-state index in [4.69, 9.17) is 0 Å². The van der Waals surface area contributed by atoms with E-state index in [9.17, 15) is 22.7 Å². The van der Waals surface area contributed by atoms with Crippen molar-refractivity contribution in [2.24, 2.45) is 5.92 Å². The number of rotatable bonds is 7. The van der Waals surface area contributed by atoms with E-state index in [1.807, 2.05) is 12.1 Å². The van der Waals surface area contributed by atoms with Crippen LogP contribution in [-0.4, -0.2) is 23.2 Å². The van der Waals surface area contributed by atoms with Gasteiger partial charge in [0.05, 0.1) is 5.56 Å². The number of halogens is 4. The number of aromatic nitrogens is 1. The van der Waals surface area contributed by atoms with E-state index in [0.717, 1.165) is 17.8 Å². The number of aliphatic hydroxyl groups excluding tert-OH is 1. The molecule has 0 radical (unpaired) electrons. The van der Waals surface area contributed by atoms with Gasteiger partial charge in [-0.2, -0.15) is 13.2 Å².